The van der Waals surface area contributed by atoms with Crippen molar-refractivity contribution < 1.29 is 9.90 Å². The summed E-state index contributed by atoms with van der Waals surface area (Å²) in [6, 6.07) is 5.74. The Kier molecular flexibility index (Phi) is 4.69. The highest BCUT2D eigenvalue weighted by Crippen LogP contribution is 2.27. The molecule has 0 aliphatic carbocycles. The minimum atomic E-state index is -0.864. The normalized spacial score (nSPS) is 12.1. The first kappa shape index (κ1) is 13.8. The van der Waals surface area contributed by atoms with E-state index in [0.717, 1.165) is 17.5 Å². The Morgan fingerprint density at radius 3 is 3.05 bits per heavy atom. The Labute approximate surface area is 118 Å². The fourth-order valence-electron chi connectivity index (χ4n) is 1.34. The van der Waals surface area contributed by atoms with E-state index < -0.39 is 5.97 Å². The predicted molar refractivity (Wildman–Crippen MR) is 74.5 cm³/mol. The van der Waals surface area contributed by atoms with Crippen LogP contribution in [0.25, 0.3) is 0 Å². The van der Waals surface area contributed by atoms with Crippen LogP contribution in [-0.2, 0) is 4.79 Å². The van der Waals surface area contributed by atoms with E-state index in [4.69, 9.17) is 5.11 Å². The molecule has 0 spiro atoms. The summed E-state index contributed by atoms with van der Waals surface area (Å²) in [6.45, 7) is 1.98. The molecular weight excluding hydrogens is 284 g/mol. The van der Waals surface area contributed by atoms with Crippen molar-refractivity contribution in [1.29, 1.82) is 0 Å². The number of hydrogen-bond donors (Lipinski definition) is 2. The van der Waals surface area contributed by atoms with E-state index in [1.165, 1.54) is 11.3 Å². The molecule has 0 saturated carbocycles. The molecule has 1 atom stereocenters. The summed E-state index contributed by atoms with van der Waals surface area (Å²) >= 11 is 2.50. The van der Waals surface area contributed by atoms with E-state index in [9.17, 15) is 4.79 Å². The van der Waals surface area contributed by atoms with Gasteiger partial charge in [0.25, 0.3) is 0 Å². The van der Waals surface area contributed by atoms with Crippen LogP contribution < -0.4 is 5.32 Å². The summed E-state index contributed by atoms with van der Waals surface area (Å²) in [7, 11) is 0. The molecule has 0 radical (unpaired) electrons. The molecule has 100 valence electrons. The van der Waals surface area contributed by atoms with Gasteiger partial charge in [0.2, 0.25) is 5.13 Å². The fraction of sp³-hybridized carbons (Fsp3) is 0.273. The molecule has 2 rings (SSSR count). The highest BCUT2D eigenvalue weighted by molar-refractivity contribution is 8.01. The lowest BCUT2D eigenvalue weighted by Crippen LogP contribution is -2.07. The number of anilines is 1. The maximum Gasteiger partial charge on any atom is 0.313 e. The van der Waals surface area contributed by atoms with Crippen LogP contribution in [0.3, 0.4) is 0 Å². The van der Waals surface area contributed by atoms with E-state index in [1.807, 2.05) is 25.1 Å². The van der Waals surface area contributed by atoms with Gasteiger partial charge in [0.05, 0.1) is 17.5 Å². The number of nitrogens with zero attached hydrogens (tertiary/aromatic N) is 3. The van der Waals surface area contributed by atoms with Gasteiger partial charge in [-0.2, -0.15) is 0 Å². The summed E-state index contributed by atoms with van der Waals surface area (Å²) in [5, 5.41) is 20.3. The number of aromatic nitrogens is 3. The van der Waals surface area contributed by atoms with Crippen molar-refractivity contribution in [2.24, 2.45) is 0 Å². The van der Waals surface area contributed by atoms with Crippen molar-refractivity contribution in [2.75, 3.05) is 11.1 Å². The quantitative estimate of drug-likeness (QED) is 0.790. The summed E-state index contributed by atoms with van der Waals surface area (Å²) in [6.07, 6.45) is 1.74. The molecule has 8 heteroatoms. The lowest BCUT2D eigenvalue weighted by atomic mass is 10.2. The zero-order valence-electron chi connectivity index (χ0n) is 10.1. The molecule has 2 heterocycles. The third-order valence-electron chi connectivity index (χ3n) is 2.20. The van der Waals surface area contributed by atoms with Gasteiger partial charge in [-0.1, -0.05) is 29.2 Å². The van der Waals surface area contributed by atoms with Crippen molar-refractivity contribution >= 4 is 34.2 Å². The van der Waals surface area contributed by atoms with Crippen LogP contribution in [0.15, 0.2) is 28.7 Å². The lowest BCUT2D eigenvalue weighted by Gasteiger charge is -2.10. The minimum absolute atomic E-state index is 0.00950. The third-order valence-corrected chi connectivity index (χ3v) is 4.17. The van der Waals surface area contributed by atoms with E-state index in [2.05, 4.69) is 20.5 Å². The topological polar surface area (TPSA) is 88.0 Å². The summed E-state index contributed by atoms with van der Waals surface area (Å²) in [4.78, 5) is 14.7. The molecule has 0 aliphatic heterocycles. The number of aliphatic carboxylic acids is 1. The van der Waals surface area contributed by atoms with Gasteiger partial charge in [0.15, 0.2) is 4.34 Å². The van der Waals surface area contributed by atoms with Crippen LogP contribution in [0.5, 0.6) is 0 Å². The van der Waals surface area contributed by atoms with Crippen molar-refractivity contribution in [2.45, 2.75) is 17.3 Å². The highest BCUT2D eigenvalue weighted by atomic mass is 32.2. The van der Waals surface area contributed by atoms with Crippen LogP contribution in [0.1, 0.15) is 18.7 Å². The summed E-state index contributed by atoms with van der Waals surface area (Å²) < 4.78 is 0.637. The SMILES string of the molecule is CC(Nc1nnc(SCC(=O)O)s1)c1ccccn1. The van der Waals surface area contributed by atoms with Gasteiger partial charge in [0.1, 0.15) is 0 Å². The second kappa shape index (κ2) is 6.48. The number of hydrogen-bond acceptors (Lipinski definition) is 7. The van der Waals surface area contributed by atoms with Gasteiger partial charge < -0.3 is 10.4 Å². The van der Waals surface area contributed by atoms with Crippen LogP contribution in [0.4, 0.5) is 5.13 Å². The number of rotatable bonds is 6. The molecule has 19 heavy (non-hydrogen) atoms. The lowest BCUT2D eigenvalue weighted by molar-refractivity contribution is -0.133. The Morgan fingerprint density at radius 1 is 1.53 bits per heavy atom. The molecule has 0 aliphatic rings. The molecular formula is C11H12N4O2S2. The number of carbonyl (C=O) groups is 1. The smallest absolute Gasteiger partial charge is 0.313 e. The van der Waals surface area contributed by atoms with Gasteiger partial charge in [-0.3, -0.25) is 9.78 Å². The zero-order valence-corrected chi connectivity index (χ0v) is 11.7. The molecule has 0 bridgehead atoms. The number of nitrogens with one attached hydrogen (secondary N) is 1. The molecule has 1 unspecified atom stereocenters. The second-order valence-corrected chi connectivity index (χ2v) is 5.88. The molecule has 2 aromatic heterocycles. The first-order chi connectivity index (χ1) is 9.15. The highest BCUT2D eigenvalue weighted by Gasteiger charge is 2.11. The number of pyridine rings is 1. The average molecular weight is 296 g/mol. The second-order valence-electron chi connectivity index (χ2n) is 3.68. The molecule has 0 fully saturated rings. The number of carboxylic acid groups (broad SMARTS) is 1. The van der Waals surface area contributed by atoms with Crippen molar-refractivity contribution in [3.63, 3.8) is 0 Å². The van der Waals surface area contributed by atoms with Crippen molar-refractivity contribution in [3.8, 4) is 0 Å². The number of thioether (sulfide) groups is 1. The fourth-order valence-corrected chi connectivity index (χ4v) is 2.90. The van der Waals surface area contributed by atoms with Crippen molar-refractivity contribution in [3.05, 3.63) is 30.1 Å². The van der Waals surface area contributed by atoms with E-state index in [-0.39, 0.29) is 11.8 Å². The molecule has 0 saturated heterocycles. The maximum atomic E-state index is 10.5. The van der Waals surface area contributed by atoms with Crippen LogP contribution >= 0.6 is 23.1 Å². The van der Waals surface area contributed by atoms with Crippen LogP contribution in [0, 0.1) is 0 Å². The Bertz CT molecular complexity index is 547. The van der Waals surface area contributed by atoms with Gasteiger partial charge in [-0.15, -0.1) is 10.2 Å². The zero-order chi connectivity index (χ0) is 13.7. The first-order valence-electron chi connectivity index (χ1n) is 5.50. The Balaban J connectivity index is 1.94. The molecule has 0 amide bonds. The predicted octanol–water partition coefficient (Wildman–Crippen LogP) is 2.28. The van der Waals surface area contributed by atoms with Crippen LogP contribution in [-0.4, -0.2) is 32.0 Å². The molecule has 0 aromatic carbocycles. The standard InChI is InChI=1S/C11H12N4O2S2/c1-7(8-4-2-3-5-12-8)13-10-14-15-11(19-10)18-6-9(16)17/h2-5,7H,6H2,1H3,(H,13,14)(H,16,17). The van der Waals surface area contributed by atoms with E-state index >= 15 is 0 Å². The first-order valence-corrected chi connectivity index (χ1v) is 7.31. The van der Waals surface area contributed by atoms with E-state index in [1.54, 1.807) is 6.20 Å². The van der Waals surface area contributed by atoms with Gasteiger partial charge in [-0.25, -0.2) is 0 Å². The van der Waals surface area contributed by atoms with Crippen molar-refractivity contribution in [1.82, 2.24) is 15.2 Å². The maximum absolute atomic E-state index is 10.5. The average Bonchev–Trinajstić information content (AvgIpc) is 2.85. The molecule has 2 aromatic rings. The number of carboxylic acids is 1. The third kappa shape index (κ3) is 4.18. The largest absolute Gasteiger partial charge is 0.481 e. The Morgan fingerprint density at radius 2 is 2.37 bits per heavy atom. The van der Waals surface area contributed by atoms with Gasteiger partial charge in [0, 0.05) is 6.20 Å². The monoisotopic (exact) mass is 296 g/mol. The molecule has 2 N–H and O–H groups in total. The summed E-state index contributed by atoms with van der Waals surface area (Å²) in [5.41, 5.74) is 0.914. The molecule has 6 nitrogen and oxygen atoms in total. The summed E-state index contributed by atoms with van der Waals surface area (Å²) in [5.74, 6) is -0.874. The van der Waals surface area contributed by atoms with E-state index in [0.29, 0.717) is 9.47 Å². The van der Waals surface area contributed by atoms with Gasteiger partial charge in [-0.05, 0) is 19.1 Å². The van der Waals surface area contributed by atoms with Crippen LogP contribution in [0.2, 0.25) is 0 Å². The Hall–Kier alpha value is -1.67. The minimum Gasteiger partial charge on any atom is -0.481 e. The van der Waals surface area contributed by atoms with Gasteiger partial charge >= 0.3 is 5.97 Å².